The summed E-state index contributed by atoms with van der Waals surface area (Å²) in [5.41, 5.74) is 1.58. The Morgan fingerprint density at radius 1 is 0.933 bits per heavy atom. The fraction of sp³-hybridized carbons (Fsp3) is 0.118. The molecule has 1 N–H and O–H groups in total. The molecule has 6 rings (SSSR count). The fourth-order valence-corrected chi connectivity index (χ4v) is 5.00. The van der Waals surface area contributed by atoms with E-state index in [-0.39, 0.29) is 30.3 Å². The van der Waals surface area contributed by atoms with Gasteiger partial charge in [-0.25, -0.2) is 18.6 Å². The molecular weight excluding hydrogens is 582 g/mol. The standard InChI is InChI=1S/C34H26F2N4O5/c1-44-25-11-4-21(5-12-25)19-39-20-27-30(14-15-37-32(27)38-34(39)43)45-31-13-6-22(17-28(31)36)18-29(41)26-3-2-16-40(33(26)42)24-9-7-23(35)8-10-24/h2-17H,18-20H2,1H3,(H,37,38,43). The highest BCUT2D eigenvalue weighted by Crippen LogP contribution is 2.34. The first kappa shape index (κ1) is 29.2. The lowest BCUT2D eigenvalue weighted by Crippen LogP contribution is -2.38. The number of nitrogens with one attached hydrogen (secondary N) is 1. The predicted molar refractivity (Wildman–Crippen MR) is 162 cm³/mol. The van der Waals surface area contributed by atoms with Gasteiger partial charge in [-0.15, -0.1) is 0 Å². The Hall–Kier alpha value is -5.84. The van der Waals surface area contributed by atoms with E-state index >= 15 is 4.39 Å². The Morgan fingerprint density at radius 3 is 2.42 bits per heavy atom. The summed E-state index contributed by atoms with van der Waals surface area (Å²) in [6, 6.07) is 21.0. The Labute approximate surface area is 256 Å². The number of ether oxygens (including phenoxy) is 2. The van der Waals surface area contributed by atoms with Crippen molar-refractivity contribution < 1.29 is 27.8 Å². The fourth-order valence-electron chi connectivity index (χ4n) is 5.00. The molecule has 2 amide bonds. The third-order valence-electron chi connectivity index (χ3n) is 7.34. The average molecular weight is 609 g/mol. The number of fused-ring (bicyclic) bond motifs is 1. The topological polar surface area (TPSA) is 103 Å². The Kier molecular flexibility index (Phi) is 8.06. The van der Waals surface area contributed by atoms with E-state index in [2.05, 4.69) is 10.3 Å². The van der Waals surface area contributed by atoms with Crippen molar-refractivity contribution in [3.8, 4) is 22.9 Å². The first-order chi connectivity index (χ1) is 21.8. The lowest BCUT2D eigenvalue weighted by molar-refractivity contribution is 0.0991. The van der Waals surface area contributed by atoms with E-state index < -0.39 is 23.0 Å². The number of hydrogen-bond acceptors (Lipinski definition) is 6. The summed E-state index contributed by atoms with van der Waals surface area (Å²) in [5, 5.41) is 2.76. The predicted octanol–water partition coefficient (Wildman–Crippen LogP) is 6.28. The molecule has 0 saturated heterocycles. The average Bonchev–Trinajstić information content (AvgIpc) is 3.04. The Morgan fingerprint density at radius 2 is 1.69 bits per heavy atom. The number of anilines is 1. The van der Waals surface area contributed by atoms with Crippen molar-refractivity contribution in [1.82, 2.24) is 14.5 Å². The van der Waals surface area contributed by atoms with E-state index in [0.29, 0.717) is 40.7 Å². The highest BCUT2D eigenvalue weighted by molar-refractivity contribution is 5.97. The minimum Gasteiger partial charge on any atom is -0.497 e. The van der Waals surface area contributed by atoms with Crippen LogP contribution in [0.2, 0.25) is 0 Å². The van der Waals surface area contributed by atoms with Crippen LogP contribution in [-0.2, 0) is 19.5 Å². The summed E-state index contributed by atoms with van der Waals surface area (Å²) in [6.45, 7) is 0.494. The van der Waals surface area contributed by atoms with Crippen LogP contribution in [0.15, 0.2) is 102 Å². The van der Waals surface area contributed by atoms with Crippen molar-refractivity contribution in [3.63, 3.8) is 0 Å². The van der Waals surface area contributed by atoms with Crippen LogP contribution in [0.4, 0.5) is 19.4 Å². The number of pyridine rings is 2. The SMILES string of the molecule is COc1ccc(CN2Cc3c(Oc4ccc(CC(=O)c5cccn(-c6ccc(F)cc6)c5=O)cc4F)ccnc3NC2=O)cc1. The van der Waals surface area contributed by atoms with Gasteiger partial charge in [-0.1, -0.05) is 18.2 Å². The zero-order valence-corrected chi connectivity index (χ0v) is 24.0. The van der Waals surface area contributed by atoms with Gasteiger partial charge in [-0.2, -0.15) is 0 Å². The molecule has 3 aromatic carbocycles. The van der Waals surface area contributed by atoms with Crippen LogP contribution in [0.3, 0.4) is 0 Å². The second kappa shape index (κ2) is 12.4. The van der Waals surface area contributed by atoms with Gasteiger partial charge in [0.05, 0.1) is 24.8 Å². The number of Topliss-reactive ketones (excluding diaryl/α,β-unsaturated/α-hetero) is 1. The van der Waals surface area contributed by atoms with Crippen molar-refractivity contribution in [2.24, 2.45) is 0 Å². The van der Waals surface area contributed by atoms with Crippen LogP contribution in [0, 0.1) is 11.6 Å². The zero-order chi connectivity index (χ0) is 31.5. The van der Waals surface area contributed by atoms with Gasteiger partial charge in [0.1, 0.15) is 23.1 Å². The summed E-state index contributed by atoms with van der Waals surface area (Å²) < 4.78 is 41.0. The van der Waals surface area contributed by atoms with Gasteiger partial charge in [-0.05, 0) is 77.9 Å². The van der Waals surface area contributed by atoms with Gasteiger partial charge in [-0.3, -0.25) is 19.5 Å². The van der Waals surface area contributed by atoms with Crippen LogP contribution in [0.1, 0.15) is 27.0 Å². The molecule has 0 bridgehead atoms. The number of hydrogen-bond donors (Lipinski definition) is 1. The van der Waals surface area contributed by atoms with Crippen LogP contribution in [0.5, 0.6) is 17.2 Å². The number of ketones is 1. The maximum Gasteiger partial charge on any atom is 0.323 e. The number of benzene rings is 3. The highest BCUT2D eigenvalue weighted by Gasteiger charge is 2.27. The molecular formula is C34H26F2N4O5. The molecule has 3 heterocycles. The van der Waals surface area contributed by atoms with Crippen LogP contribution in [-0.4, -0.2) is 33.4 Å². The second-order valence-corrected chi connectivity index (χ2v) is 10.3. The van der Waals surface area contributed by atoms with Gasteiger partial charge < -0.3 is 14.4 Å². The Balaban J connectivity index is 1.17. The molecule has 9 nitrogen and oxygen atoms in total. The molecule has 0 fully saturated rings. The quantitative estimate of drug-likeness (QED) is 0.198. The number of carbonyl (C=O) groups excluding carboxylic acids is 2. The van der Waals surface area contributed by atoms with Gasteiger partial charge in [0.15, 0.2) is 17.3 Å². The van der Waals surface area contributed by atoms with E-state index in [0.717, 1.165) is 5.56 Å². The molecule has 0 saturated carbocycles. The molecule has 226 valence electrons. The number of halogens is 2. The first-order valence-electron chi connectivity index (χ1n) is 13.9. The number of carbonyl (C=O) groups is 2. The number of methoxy groups -OCH3 is 1. The summed E-state index contributed by atoms with van der Waals surface area (Å²) in [6.07, 6.45) is 2.72. The van der Waals surface area contributed by atoms with Crippen molar-refractivity contribution in [2.75, 3.05) is 12.4 Å². The number of urea groups is 1. The smallest absolute Gasteiger partial charge is 0.323 e. The molecule has 0 radical (unpaired) electrons. The summed E-state index contributed by atoms with van der Waals surface area (Å²) in [7, 11) is 1.58. The molecule has 0 aliphatic carbocycles. The van der Waals surface area contributed by atoms with Crippen LogP contribution in [0.25, 0.3) is 5.69 Å². The maximum atomic E-state index is 15.3. The van der Waals surface area contributed by atoms with Gasteiger partial charge in [0, 0.05) is 31.0 Å². The zero-order valence-electron chi connectivity index (χ0n) is 24.0. The van der Waals surface area contributed by atoms with E-state index in [1.807, 2.05) is 24.3 Å². The number of aromatic nitrogens is 2. The number of nitrogens with zero attached hydrogens (tertiary/aromatic N) is 3. The van der Waals surface area contributed by atoms with E-state index in [1.54, 1.807) is 30.2 Å². The van der Waals surface area contributed by atoms with Crippen molar-refractivity contribution in [1.29, 1.82) is 0 Å². The van der Waals surface area contributed by atoms with E-state index in [4.69, 9.17) is 9.47 Å². The van der Waals surface area contributed by atoms with Crippen LogP contribution < -0.4 is 20.3 Å². The van der Waals surface area contributed by atoms with E-state index in [9.17, 15) is 18.8 Å². The molecule has 0 unspecified atom stereocenters. The number of amides is 2. The minimum absolute atomic E-state index is 0.0767. The van der Waals surface area contributed by atoms with Crippen molar-refractivity contribution in [2.45, 2.75) is 19.5 Å². The normalized spacial score (nSPS) is 12.3. The lowest BCUT2D eigenvalue weighted by Gasteiger charge is -2.29. The largest absolute Gasteiger partial charge is 0.497 e. The van der Waals surface area contributed by atoms with Crippen molar-refractivity contribution >= 4 is 17.6 Å². The third-order valence-corrected chi connectivity index (χ3v) is 7.34. The lowest BCUT2D eigenvalue weighted by atomic mass is 10.0. The van der Waals surface area contributed by atoms with Crippen LogP contribution >= 0.6 is 0 Å². The van der Waals surface area contributed by atoms with Gasteiger partial charge in [0.2, 0.25) is 0 Å². The molecule has 1 aliphatic rings. The van der Waals surface area contributed by atoms with Gasteiger partial charge >= 0.3 is 6.03 Å². The highest BCUT2D eigenvalue weighted by atomic mass is 19.1. The molecule has 0 atom stereocenters. The monoisotopic (exact) mass is 608 g/mol. The number of rotatable bonds is 9. The van der Waals surface area contributed by atoms with E-state index in [1.165, 1.54) is 59.4 Å². The summed E-state index contributed by atoms with van der Waals surface area (Å²) in [5.74, 6) is -0.409. The second-order valence-electron chi connectivity index (χ2n) is 10.3. The minimum atomic E-state index is -0.711. The van der Waals surface area contributed by atoms with Crippen molar-refractivity contribution in [3.05, 3.63) is 142 Å². The Bertz CT molecular complexity index is 1960. The maximum absolute atomic E-state index is 15.3. The molecule has 0 spiro atoms. The molecule has 45 heavy (non-hydrogen) atoms. The molecule has 11 heteroatoms. The third kappa shape index (κ3) is 6.28. The molecule has 2 aromatic heterocycles. The summed E-state index contributed by atoms with van der Waals surface area (Å²) >= 11 is 0. The first-order valence-corrected chi connectivity index (χ1v) is 13.9. The molecule has 1 aliphatic heterocycles. The molecule has 5 aromatic rings. The van der Waals surface area contributed by atoms with Gasteiger partial charge in [0.25, 0.3) is 5.56 Å². The summed E-state index contributed by atoms with van der Waals surface area (Å²) in [4.78, 5) is 44.6.